The van der Waals surface area contributed by atoms with Crippen LogP contribution in [0.3, 0.4) is 0 Å². The van der Waals surface area contributed by atoms with Crippen LogP contribution in [0.5, 0.6) is 0 Å². The first-order valence-corrected chi connectivity index (χ1v) is 19.9. The van der Waals surface area contributed by atoms with Gasteiger partial charge in [0.15, 0.2) is 18.4 Å². The molecule has 8 aliphatic rings. The standard InChI is InChI=1S/C39H62O13/c1-18-8-13-38(47-17-18)20(3)39(46)27(52-38)15-25-23-7-6-21-14-22(9-11-36(21,4)24(23)10-12-37(25,39)5)49-35-33(31(44)29(42)26(16-40)50-35)51-34-32(45)30(43)28(41)19(2)48-34/h6,18-20,22-35,40-46H,7-17H2,1-5H3/t18-,19+,20-,22+,23-,24+,25+,26-,27+,28+,29-,30-,31-,32-,33-,34-,35-,36+,37+,38-,39-/m1/s1. The Bertz CT molecular complexity index is 1350. The molecule has 7 fully saturated rings. The first-order valence-electron chi connectivity index (χ1n) is 19.9. The molecule has 8 rings (SSSR count). The molecule has 7 N–H and O–H groups in total. The molecule has 4 aliphatic heterocycles. The molecule has 13 nitrogen and oxygen atoms in total. The third-order valence-corrected chi connectivity index (χ3v) is 15.8. The van der Waals surface area contributed by atoms with Gasteiger partial charge in [0.1, 0.15) is 48.3 Å². The zero-order chi connectivity index (χ0) is 37.1. The lowest BCUT2D eigenvalue weighted by Gasteiger charge is -2.60. The monoisotopic (exact) mass is 738 g/mol. The molecule has 0 bridgehead atoms. The van der Waals surface area contributed by atoms with Gasteiger partial charge in [-0.2, -0.15) is 0 Å². The Kier molecular flexibility index (Phi) is 9.83. The Morgan fingerprint density at radius 1 is 0.827 bits per heavy atom. The minimum atomic E-state index is -1.62. The van der Waals surface area contributed by atoms with Gasteiger partial charge in [0.05, 0.1) is 31.5 Å². The van der Waals surface area contributed by atoms with E-state index < -0.39 is 79.4 Å². The molecule has 0 aromatic heterocycles. The van der Waals surface area contributed by atoms with Gasteiger partial charge < -0.3 is 64.2 Å². The molecule has 4 aliphatic carbocycles. The van der Waals surface area contributed by atoms with Crippen LogP contribution >= 0.6 is 0 Å². The molecule has 0 aromatic carbocycles. The Morgan fingerprint density at radius 3 is 2.31 bits per heavy atom. The highest BCUT2D eigenvalue weighted by Crippen LogP contribution is 2.72. The molecule has 296 valence electrons. The van der Waals surface area contributed by atoms with E-state index in [4.69, 9.17) is 28.4 Å². The number of hydrogen-bond donors (Lipinski definition) is 7. The molecule has 13 heteroatoms. The number of allylic oxidation sites excluding steroid dienone is 1. The summed E-state index contributed by atoms with van der Waals surface area (Å²) in [6.45, 7) is 10.7. The normalized spacial score (nSPS) is 58.9. The number of rotatable bonds is 5. The fourth-order valence-corrected chi connectivity index (χ4v) is 12.5. The van der Waals surface area contributed by atoms with Crippen molar-refractivity contribution in [3.8, 4) is 0 Å². The Labute approximate surface area is 306 Å². The second-order valence-corrected chi connectivity index (χ2v) is 18.4. The number of ether oxygens (including phenoxy) is 6. The van der Waals surface area contributed by atoms with Gasteiger partial charge in [-0.3, -0.25) is 0 Å². The van der Waals surface area contributed by atoms with Crippen LogP contribution in [0.2, 0.25) is 0 Å². The van der Waals surface area contributed by atoms with Gasteiger partial charge in [-0.05, 0) is 87.4 Å². The molecule has 0 radical (unpaired) electrons. The molecular formula is C39H62O13. The number of hydrogen-bond acceptors (Lipinski definition) is 13. The van der Waals surface area contributed by atoms with Crippen molar-refractivity contribution in [1.82, 2.24) is 0 Å². The van der Waals surface area contributed by atoms with E-state index in [0.717, 1.165) is 44.9 Å². The van der Waals surface area contributed by atoms with Crippen molar-refractivity contribution in [2.24, 2.45) is 40.4 Å². The SMILES string of the molecule is C[C@@H]1CC[C@@]2(OC1)O[C@H]1C[C@H]3[C@@H]4CC=C5C[C@@H](O[C@@H]6O[C@H](CO)[C@@H](O)[C@@H](O)[C@H]6O[C@H]6O[C@@H](C)[C@H](O)[C@@H](O)[C@H]6O)CC[C@]5(C)[C@H]4CC[C@]3(C)[C@@]1(O)[C@@H]2C. The average Bonchev–Trinajstić information content (AvgIpc) is 3.48. The molecule has 3 saturated carbocycles. The third kappa shape index (κ3) is 5.50. The first-order chi connectivity index (χ1) is 24.6. The van der Waals surface area contributed by atoms with E-state index in [1.54, 1.807) is 0 Å². The van der Waals surface area contributed by atoms with Crippen molar-refractivity contribution in [2.45, 2.75) is 177 Å². The first kappa shape index (κ1) is 38.1. The van der Waals surface area contributed by atoms with Crippen molar-refractivity contribution in [3.05, 3.63) is 11.6 Å². The van der Waals surface area contributed by atoms with Gasteiger partial charge in [-0.1, -0.05) is 39.3 Å². The van der Waals surface area contributed by atoms with Crippen LogP contribution in [0, 0.1) is 40.4 Å². The van der Waals surface area contributed by atoms with E-state index in [-0.39, 0.29) is 29.0 Å². The van der Waals surface area contributed by atoms with Gasteiger partial charge >= 0.3 is 0 Å². The maximum atomic E-state index is 12.7. The summed E-state index contributed by atoms with van der Waals surface area (Å²) in [5, 5.41) is 75.6. The lowest BCUT2D eigenvalue weighted by atomic mass is 9.46. The average molecular weight is 739 g/mol. The van der Waals surface area contributed by atoms with Crippen molar-refractivity contribution >= 4 is 0 Å². The van der Waals surface area contributed by atoms with Crippen LogP contribution in [0.4, 0.5) is 0 Å². The zero-order valence-electron chi connectivity index (χ0n) is 31.3. The summed E-state index contributed by atoms with van der Waals surface area (Å²) < 4.78 is 37.3. The van der Waals surface area contributed by atoms with Gasteiger partial charge in [0.25, 0.3) is 0 Å². The highest BCUT2D eigenvalue weighted by atomic mass is 16.8. The maximum Gasteiger partial charge on any atom is 0.187 e. The molecule has 4 heterocycles. The molecule has 0 unspecified atom stereocenters. The van der Waals surface area contributed by atoms with Gasteiger partial charge in [0.2, 0.25) is 0 Å². The topological polar surface area (TPSA) is 197 Å². The number of fused-ring (bicyclic) bond motifs is 7. The molecule has 21 atom stereocenters. The zero-order valence-corrected chi connectivity index (χ0v) is 31.3. The summed E-state index contributed by atoms with van der Waals surface area (Å²) in [4.78, 5) is 0. The van der Waals surface area contributed by atoms with E-state index >= 15 is 0 Å². The third-order valence-electron chi connectivity index (χ3n) is 15.8. The molecular weight excluding hydrogens is 676 g/mol. The van der Waals surface area contributed by atoms with Crippen molar-refractivity contribution in [3.63, 3.8) is 0 Å². The van der Waals surface area contributed by atoms with E-state index in [1.165, 1.54) is 12.5 Å². The Hall–Kier alpha value is -0.780. The molecule has 1 spiro atoms. The van der Waals surface area contributed by atoms with Crippen molar-refractivity contribution < 1.29 is 64.2 Å². The van der Waals surface area contributed by atoms with Crippen LogP contribution in [-0.2, 0) is 28.4 Å². The summed E-state index contributed by atoms with van der Waals surface area (Å²) in [6.07, 6.45) is -3.83. The van der Waals surface area contributed by atoms with Crippen LogP contribution in [0.1, 0.15) is 92.4 Å². The highest BCUT2D eigenvalue weighted by Gasteiger charge is 2.76. The second-order valence-electron chi connectivity index (χ2n) is 18.4. The second kappa shape index (κ2) is 13.4. The lowest BCUT2D eigenvalue weighted by molar-refractivity contribution is -0.369. The van der Waals surface area contributed by atoms with Crippen LogP contribution < -0.4 is 0 Å². The van der Waals surface area contributed by atoms with Gasteiger partial charge in [0, 0.05) is 17.8 Å². The van der Waals surface area contributed by atoms with Crippen LogP contribution in [0.25, 0.3) is 0 Å². The smallest absolute Gasteiger partial charge is 0.187 e. The summed E-state index contributed by atoms with van der Waals surface area (Å²) >= 11 is 0. The van der Waals surface area contributed by atoms with E-state index in [1.807, 2.05) is 0 Å². The molecule has 4 saturated heterocycles. The molecule has 0 amide bonds. The van der Waals surface area contributed by atoms with Crippen LogP contribution in [0.15, 0.2) is 11.6 Å². The highest BCUT2D eigenvalue weighted by molar-refractivity contribution is 5.29. The van der Waals surface area contributed by atoms with E-state index in [0.29, 0.717) is 43.1 Å². The summed E-state index contributed by atoms with van der Waals surface area (Å²) in [7, 11) is 0. The summed E-state index contributed by atoms with van der Waals surface area (Å²) in [5.74, 6) is 0.929. The van der Waals surface area contributed by atoms with E-state index in [2.05, 4.69) is 33.8 Å². The minimum Gasteiger partial charge on any atom is -0.394 e. The predicted octanol–water partition coefficient (Wildman–Crippen LogP) is 1.50. The predicted molar refractivity (Wildman–Crippen MR) is 183 cm³/mol. The number of aliphatic hydroxyl groups excluding tert-OH is 6. The van der Waals surface area contributed by atoms with Gasteiger partial charge in [-0.25, -0.2) is 0 Å². The number of aliphatic hydroxyl groups is 7. The lowest BCUT2D eigenvalue weighted by Crippen LogP contribution is -2.64. The van der Waals surface area contributed by atoms with Crippen LogP contribution in [-0.4, -0.2) is 134 Å². The quantitative estimate of drug-likeness (QED) is 0.201. The molecule has 0 aromatic rings. The Morgan fingerprint density at radius 2 is 1.60 bits per heavy atom. The van der Waals surface area contributed by atoms with Crippen molar-refractivity contribution in [1.29, 1.82) is 0 Å². The fraction of sp³-hybridized carbons (Fsp3) is 0.949. The minimum absolute atomic E-state index is 0.0411. The summed E-state index contributed by atoms with van der Waals surface area (Å²) in [6, 6.07) is 0. The summed E-state index contributed by atoms with van der Waals surface area (Å²) in [5.41, 5.74) is 0.0981. The van der Waals surface area contributed by atoms with E-state index in [9.17, 15) is 35.7 Å². The Balaban J connectivity index is 0.977. The largest absolute Gasteiger partial charge is 0.394 e. The maximum absolute atomic E-state index is 12.7. The van der Waals surface area contributed by atoms with Gasteiger partial charge in [-0.15, -0.1) is 0 Å². The van der Waals surface area contributed by atoms with Crippen molar-refractivity contribution in [2.75, 3.05) is 13.2 Å². The fourth-order valence-electron chi connectivity index (χ4n) is 12.5. The molecule has 52 heavy (non-hydrogen) atoms.